The van der Waals surface area contributed by atoms with Gasteiger partial charge in [-0.15, -0.1) is 0 Å². The molecule has 0 aromatic carbocycles. The van der Waals surface area contributed by atoms with E-state index in [4.69, 9.17) is 4.74 Å². The molecule has 0 spiro atoms. The van der Waals surface area contributed by atoms with Crippen LogP contribution in [0.3, 0.4) is 0 Å². The molecule has 1 aromatic heterocycles. The third kappa shape index (κ3) is 4.00. The molecular formula is C14H24N2O. The highest BCUT2D eigenvalue weighted by Crippen LogP contribution is 2.17. The molecule has 0 aliphatic heterocycles. The Balaban J connectivity index is 2.66. The van der Waals surface area contributed by atoms with Gasteiger partial charge in [0.1, 0.15) is 0 Å². The van der Waals surface area contributed by atoms with Gasteiger partial charge in [-0.3, -0.25) is 0 Å². The number of methoxy groups -OCH3 is 1. The molecule has 0 aliphatic rings. The number of hydrogen-bond acceptors (Lipinski definition) is 3. The van der Waals surface area contributed by atoms with Gasteiger partial charge in [-0.05, 0) is 24.9 Å². The van der Waals surface area contributed by atoms with E-state index in [0.717, 1.165) is 12.3 Å². The van der Waals surface area contributed by atoms with Crippen molar-refractivity contribution in [3.63, 3.8) is 0 Å². The van der Waals surface area contributed by atoms with Crippen LogP contribution in [0.4, 0.5) is 0 Å². The molecule has 0 saturated carbocycles. The fourth-order valence-corrected chi connectivity index (χ4v) is 2.27. The van der Waals surface area contributed by atoms with Gasteiger partial charge in [-0.1, -0.05) is 32.8 Å². The van der Waals surface area contributed by atoms with Gasteiger partial charge in [0.25, 0.3) is 0 Å². The molecule has 0 bridgehead atoms. The minimum Gasteiger partial charge on any atom is -0.481 e. The van der Waals surface area contributed by atoms with Crippen molar-refractivity contribution in [1.29, 1.82) is 0 Å². The number of hydrogen-bond donors (Lipinski definition) is 1. The van der Waals surface area contributed by atoms with Crippen molar-refractivity contribution in [3.05, 3.63) is 23.9 Å². The van der Waals surface area contributed by atoms with Crippen molar-refractivity contribution in [3.8, 4) is 5.88 Å². The summed E-state index contributed by atoms with van der Waals surface area (Å²) in [5, 5.41) is 3.42. The molecule has 3 nitrogen and oxygen atoms in total. The van der Waals surface area contributed by atoms with E-state index in [-0.39, 0.29) is 0 Å². The first-order valence-corrected chi connectivity index (χ1v) is 6.41. The summed E-state index contributed by atoms with van der Waals surface area (Å²) >= 11 is 0. The Labute approximate surface area is 105 Å². The van der Waals surface area contributed by atoms with Crippen LogP contribution in [-0.2, 0) is 6.42 Å². The summed E-state index contributed by atoms with van der Waals surface area (Å²) in [4.78, 5) is 4.25. The van der Waals surface area contributed by atoms with Gasteiger partial charge in [-0.2, -0.15) is 0 Å². The Hall–Kier alpha value is -1.09. The summed E-state index contributed by atoms with van der Waals surface area (Å²) in [5.74, 6) is 1.40. The predicted molar refractivity (Wildman–Crippen MR) is 71.4 cm³/mol. The van der Waals surface area contributed by atoms with E-state index < -0.39 is 0 Å². The maximum absolute atomic E-state index is 5.06. The summed E-state index contributed by atoms with van der Waals surface area (Å²) < 4.78 is 5.06. The average Bonchev–Trinajstić information content (AvgIpc) is 2.39. The van der Waals surface area contributed by atoms with Gasteiger partial charge in [-0.25, -0.2) is 4.98 Å². The summed E-state index contributed by atoms with van der Waals surface area (Å²) in [6.45, 7) is 4.51. The normalized spacial score (nSPS) is 12.8. The largest absolute Gasteiger partial charge is 0.481 e. The first-order chi connectivity index (χ1) is 8.24. The van der Waals surface area contributed by atoms with Gasteiger partial charge in [0.2, 0.25) is 5.88 Å². The molecule has 1 N–H and O–H groups in total. The van der Waals surface area contributed by atoms with E-state index in [9.17, 15) is 0 Å². The van der Waals surface area contributed by atoms with Crippen molar-refractivity contribution in [2.75, 3.05) is 14.2 Å². The van der Waals surface area contributed by atoms with Crippen molar-refractivity contribution in [2.24, 2.45) is 5.92 Å². The molecule has 1 unspecified atom stereocenters. The van der Waals surface area contributed by atoms with E-state index in [1.807, 2.05) is 19.3 Å². The SMILES string of the molecule is CCC(CC)C(Cc1ccc(OC)nc1)NC. The topological polar surface area (TPSA) is 34.1 Å². The van der Waals surface area contributed by atoms with E-state index >= 15 is 0 Å². The van der Waals surface area contributed by atoms with Crippen molar-refractivity contribution in [2.45, 2.75) is 39.2 Å². The van der Waals surface area contributed by atoms with Crippen LogP contribution in [0.5, 0.6) is 5.88 Å². The number of nitrogens with one attached hydrogen (secondary N) is 1. The molecule has 1 aromatic rings. The highest BCUT2D eigenvalue weighted by molar-refractivity contribution is 5.18. The standard InChI is InChI=1S/C14H24N2O/c1-5-12(6-2)13(15-3)9-11-7-8-14(17-4)16-10-11/h7-8,10,12-13,15H,5-6,9H2,1-4H3. The van der Waals surface area contributed by atoms with Gasteiger partial charge in [0, 0.05) is 18.3 Å². The van der Waals surface area contributed by atoms with Crippen molar-refractivity contribution in [1.82, 2.24) is 10.3 Å². The highest BCUT2D eigenvalue weighted by Gasteiger charge is 2.16. The molecule has 1 heterocycles. The molecule has 3 heteroatoms. The molecular weight excluding hydrogens is 212 g/mol. The monoisotopic (exact) mass is 236 g/mol. The number of pyridine rings is 1. The van der Waals surface area contributed by atoms with Crippen LogP contribution >= 0.6 is 0 Å². The van der Waals surface area contributed by atoms with Gasteiger partial charge in [0.05, 0.1) is 7.11 Å². The fraction of sp³-hybridized carbons (Fsp3) is 0.643. The molecule has 17 heavy (non-hydrogen) atoms. The second kappa shape index (κ2) is 7.28. The summed E-state index contributed by atoms with van der Waals surface area (Å²) in [6.07, 6.45) is 5.36. The number of rotatable bonds is 7. The van der Waals surface area contributed by atoms with Crippen LogP contribution in [-0.4, -0.2) is 25.2 Å². The minimum absolute atomic E-state index is 0.528. The van der Waals surface area contributed by atoms with Crippen LogP contribution in [0.2, 0.25) is 0 Å². The Morgan fingerprint density at radius 2 is 2.00 bits per heavy atom. The maximum Gasteiger partial charge on any atom is 0.212 e. The van der Waals surface area contributed by atoms with Gasteiger partial charge >= 0.3 is 0 Å². The smallest absolute Gasteiger partial charge is 0.212 e. The highest BCUT2D eigenvalue weighted by atomic mass is 16.5. The lowest BCUT2D eigenvalue weighted by molar-refractivity contribution is 0.348. The fourth-order valence-electron chi connectivity index (χ4n) is 2.27. The molecule has 1 rings (SSSR count). The zero-order valence-electron chi connectivity index (χ0n) is 11.4. The Kier molecular flexibility index (Phi) is 5.98. The quantitative estimate of drug-likeness (QED) is 0.790. The van der Waals surface area contributed by atoms with Gasteiger partial charge in [0.15, 0.2) is 0 Å². The summed E-state index contributed by atoms with van der Waals surface area (Å²) in [6, 6.07) is 4.55. The Morgan fingerprint density at radius 1 is 1.29 bits per heavy atom. The second-order valence-corrected chi connectivity index (χ2v) is 4.38. The number of aromatic nitrogens is 1. The zero-order chi connectivity index (χ0) is 12.7. The van der Waals surface area contributed by atoms with Crippen LogP contribution in [0.15, 0.2) is 18.3 Å². The van der Waals surface area contributed by atoms with Crippen molar-refractivity contribution >= 4 is 0 Å². The zero-order valence-corrected chi connectivity index (χ0v) is 11.4. The van der Waals surface area contributed by atoms with E-state index in [0.29, 0.717) is 11.9 Å². The molecule has 0 fully saturated rings. The Morgan fingerprint density at radius 3 is 2.41 bits per heavy atom. The third-order valence-electron chi connectivity index (χ3n) is 3.45. The van der Waals surface area contributed by atoms with E-state index in [1.54, 1.807) is 7.11 Å². The van der Waals surface area contributed by atoms with Gasteiger partial charge < -0.3 is 10.1 Å². The predicted octanol–water partition coefficient (Wildman–Crippen LogP) is 2.66. The maximum atomic E-state index is 5.06. The summed E-state index contributed by atoms with van der Waals surface area (Å²) in [7, 11) is 3.68. The molecule has 1 atom stereocenters. The van der Waals surface area contributed by atoms with Crippen LogP contribution < -0.4 is 10.1 Å². The van der Waals surface area contributed by atoms with Crippen molar-refractivity contribution < 1.29 is 4.74 Å². The molecule has 0 aliphatic carbocycles. The molecule has 0 radical (unpaired) electrons. The molecule has 0 saturated heterocycles. The first kappa shape index (κ1) is 14.0. The lowest BCUT2D eigenvalue weighted by Gasteiger charge is -2.24. The molecule has 96 valence electrons. The number of ether oxygens (including phenoxy) is 1. The lowest BCUT2D eigenvalue weighted by Crippen LogP contribution is -2.35. The van der Waals surface area contributed by atoms with E-state index in [2.05, 4.69) is 30.2 Å². The van der Waals surface area contributed by atoms with Crippen LogP contribution in [0.25, 0.3) is 0 Å². The Bertz CT molecular complexity index is 307. The third-order valence-corrected chi connectivity index (χ3v) is 3.45. The number of nitrogens with zero attached hydrogens (tertiary/aromatic N) is 1. The van der Waals surface area contributed by atoms with Crippen LogP contribution in [0.1, 0.15) is 32.3 Å². The lowest BCUT2D eigenvalue weighted by atomic mass is 9.90. The minimum atomic E-state index is 0.528. The van der Waals surface area contributed by atoms with Crippen LogP contribution in [0, 0.1) is 5.92 Å². The summed E-state index contributed by atoms with van der Waals surface area (Å²) in [5.41, 5.74) is 1.26. The molecule has 0 amide bonds. The first-order valence-electron chi connectivity index (χ1n) is 6.41. The second-order valence-electron chi connectivity index (χ2n) is 4.38. The number of likely N-dealkylation sites (N-methyl/N-ethyl adjacent to an activating group) is 1. The average molecular weight is 236 g/mol. The van der Waals surface area contributed by atoms with E-state index in [1.165, 1.54) is 18.4 Å².